The zero-order valence-corrected chi connectivity index (χ0v) is 48.8. The summed E-state index contributed by atoms with van der Waals surface area (Å²) in [5, 5.41) is 25.4. The van der Waals surface area contributed by atoms with Crippen molar-refractivity contribution in [2.24, 2.45) is 34.0 Å². The number of non-ortho nitro benzene ring substituents is 1. The molecule has 76 heavy (non-hydrogen) atoms. The van der Waals surface area contributed by atoms with Gasteiger partial charge in [0.2, 0.25) is 10.0 Å². The fraction of sp³-hybridized carbons (Fsp3) is 0.569. The first-order chi connectivity index (χ1) is 35.3. The molecule has 5 aromatic rings. The lowest BCUT2D eigenvalue weighted by Crippen LogP contribution is -2.49. The minimum atomic E-state index is -4.33. The Balaban J connectivity index is 1.44. The quantitative estimate of drug-likeness (QED) is 0.0271. The zero-order chi connectivity index (χ0) is 56.3. The van der Waals surface area contributed by atoms with Crippen molar-refractivity contribution < 1.29 is 36.0 Å². The van der Waals surface area contributed by atoms with Crippen molar-refractivity contribution in [3.05, 3.63) is 98.7 Å². The van der Waals surface area contributed by atoms with Crippen molar-refractivity contribution in [1.82, 2.24) is 19.3 Å². The summed E-state index contributed by atoms with van der Waals surface area (Å²) in [7, 11) is -8.63. The van der Waals surface area contributed by atoms with Crippen LogP contribution in [0.3, 0.4) is 0 Å². The SMILES string of the molecule is CCCCCCCCOc1ccc(C(C)(C)CC(C)(C)C)cc1S(=O)(=O)Nc1cc(-c2nc3c(C(=O)OC4C(C(C)(C)C)CC(C)CC4C(C)(C)C)c(C#N)c(CNS(=O)(=O)c4ccc([N+](=O)[O-])cc4)n3[nH]2)ccc1C. The number of aromatic nitrogens is 3. The van der Waals surface area contributed by atoms with Gasteiger partial charge in [0.05, 0.1) is 39.9 Å². The normalized spacial score (nSPS) is 17.9. The van der Waals surface area contributed by atoms with E-state index in [1.165, 1.54) is 10.9 Å². The average Bonchev–Trinajstić information content (AvgIpc) is 3.87. The third-order valence-electron chi connectivity index (χ3n) is 14.9. The Kier molecular flexibility index (Phi) is 18.0. The van der Waals surface area contributed by atoms with E-state index in [1.54, 1.807) is 37.3 Å². The standard InChI is InChI=1S/C58H81N7O9S2/c1-15-16-17-18-19-20-29-73-48-28-23-40(58(13,14)36-55(4,5)6)33-49(48)76(71,72)63-46-32-39(22-21-38(46)3)52-61-53-50(54(66)74-51-44(56(7,8)9)30-37(2)31-45(51)57(10,11)12)43(34-59)47(64(53)62-52)35-60-75(69,70)42-26-24-41(25-27-42)65(67)68/h21-28,32-33,37,44-45,51,60,63H,15-20,29-31,35-36H2,1-14H3,(H,61,62). The number of rotatable bonds is 21. The highest BCUT2D eigenvalue weighted by Gasteiger charge is 2.48. The second kappa shape index (κ2) is 23.1. The van der Waals surface area contributed by atoms with Gasteiger partial charge >= 0.3 is 5.97 Å². The number of H-pyrrole nitrogens is 1. The highest BCUT2D eigenvalue weighted by Crippen LogP contribution is 2.50. The van der Waals surface area contributed by atoms with E-state index in [0.29, 0.717) is 23.7 Å². The van der Waals surface area contributed by atoms with Gasteiger partial charge in [0.25, 0.3) is 15.7 Å². The van der Waals surface area contributed by atoms with E-state index in [0.717, 1.165) is 81.2 Å². The van der Waals surface area contributed by atoms with Crippen LogP contribution in [0.25, 0.3) is 17.0 Å². The number of fused-ring (bicyclic) bond motifs is 1. The predicted molar refractivity (Wildman–Crippen MR) is 298 cm³/mol. The number of nitrogens with one attached hydrogen (secondary N) is 3. The molecule has 0 radical (unpaired) electrons. The third kappa shape index (κ3) is 14.0. The lowest BCUT2D eigenvalue weighted by atomic mass is 9.59. The number of aromatic amines is 1. The van der Waals surface area contributed by atoms with Crippen LogP contribution in [0.5, 0.6) is 5.75 Å². The number of hydrogen-bond donors (Lipinski definition) is 3. The number of aryl methyl sites for hydroxylation is 1. The van der Waals surface area contributed by atoms with Gasteiger partial charge in [0, 0.05) is 29.5 Å². The first-order valence-corrected chi connectivity index (χ1v) is 29.6. The van der Waals surface area contributed by atoms with E-state index in [4.69, 9.17) is 14.5 Å². The molecule has 0 spiro atoms. The van der Waals surface area contributed by atoms with E-state index in [9.17, 15) is 37.0 Å². The van der Waals surface area contributed by atoms with Crippen LogP contribution in [0.2, 0.25) is 0 Å². The molecule has 2 aromatic heterocycles. The number of nitro groups is 1. The number of carbonyl (C=O) groups is 1. The molecule has 2 heterocycles. The van der Waals surface area contributed by atoms with Crippen LogP contribution in [0.4, 0.5) is 11.4 Å². The van der Waals surface area contributed by atoms with Crippen LogP contribution in [0, 0.1) is 62.4 Å². The van der Waals surface area contributed by atoms with Gasteiger partial charge in [-0.15, -0.1) is 0 Å². The Morgan fingerprint density at radius 1 is 0.868 bits per heavy atom. The lowest BCUT2D eigenvalue weighted by Gasteiger charge is -2.50. The Morgan fingerprint density at radius 2 is 1.49 bits per heavy atom. The Labute approximate surface area is 451 Å². The summed E-state index contributed by atoms with van der Waals surface area (Å²) in [5.41, 5.74) is 0.606. The van der Waals surface area contributed by atoms with E-state index in [2.05, 4.69) is 111 Å². The van der Waals surface area contributed by atoms with Crippen LogP contribution in [0.15, 0.2) is 70.5 Å². The van der Waals surface area contributed by atoms with Crippen LogP contribution in [0.1, 0.15) is 181 Å². The van der Waals surface area contributed by atoms with Crippen LogP contribution >= 0.6 is 0 Å². The molecule has 3 aromatic carbocycles. The largest absolute Gasteiger partial charge is 0.492 e. The van der Waals surface area contributed by atoms with Crippen LogP contribution in [-0.4, -0.2) is 55.0 Å². The van der Waals surface area contributed by atoms with Gasteiger partial charge in [-0.25, -0.2) is 35.9 Å². The summed E-state index contributed by atoms with van der Waals surface area (Å²) in [4.78, 5) is 30.3. The van der Waals surface area contributed by atoms with E-state index in [-0.39, 0.29) is 88.7 Å². The number of benzene rings is 3. The molecule has 2 unspecified atom stereocenters. The molecule has 0 saturated heterocycles. The third-order valence-corrected chi connectivity index (χ3v) is 17.7. The summed E-state index contributed by atoms with van der Waals surface area (Å²) >= 11 is 0. The molecule has 0 bridgehead atoms. The Hall–Kier alpha value is -5.77. The number of sulfonamides is 2. The zero-order valence-electron chi connectivity index (χ0n) is 47.1. The van der Waals surface area contributed by atoms with Gasteiger partial charge in [-0.1, -0.05) is 140 Å². The molecular weight excluding hydrogens is 1000 g/mol. The highest BCUT2D eigenvalue weighted by molar-refractivity contribution is 7.92. The topological polar surface area (TPSA) is 228 Å². The van der Waals surface area contributed by atoms with Crippen molar-refractivity contribution in [1.29, 1.82) is 5.26 Å². The molecule has 18 heteroatoms. The molecule has 1 aliphatic carbocycles. The van der Waals surface area contributed by atoms with E-state index >= 15 is 0 Å². The molecule has 1 saturated carbocycles. The molecule has 16 nitrogen and oxygen atoms in total. The van der Waals surface area contributed by atoms with E-state index < -0.39 is 43.6 Å². The van der Waals surface area contributed by atoms with Gasteiger partial charge in [-0.2, -0.15) is 5.26 Å². The number of ether oxygens (including phenoxy) is 2. The molecule has 3 N–H and O–H groups in total. The summed E-state index contributed by atoms with van der Waals surface area (Å²) < 4.78 is 76.7. The number of esters is 1. The number of hydrogen-bond acceptors (Lipinski definition) is 11. The minimum absolute atomic E-state index is 0.00516. The second-order valence-electron chi connectivity index (χ2n) is 25.0. The fourth-order valence-corrected chi connectivity index (χ4v) is 13.3. The van der Waals surface area contributed by atoms with Gasteiger partial charge < -0.3 is 9.47 Å². The van der Waals surface area contributed by atoms with Crippen molar-refractivity contribution in [2.45, 2.75) is 183 Å². The highest BCUT2D eigenvalue weighted by atomic mass is 32.2. The summed E-state index contributed by atoms with van der Waals surface area (Å²) in [5.74, 6) is -0.0695. The van der Waals surface area contributed by atoms with Gasteiger partial charge in [-0.05, 0) is 102 Å². The van der Waals surface area contributed by atoms with Crippen LogP contribution < -0.4 is 14.2 Å². The molecule has 414 valence electrons. The first-order valence-electron chi connectivity index (χ1n) is 26.7. The van der Waals surface area contributed by atoms with Gasteiger partial charge in [0.15, 0.2) is 11.5 Å². The molecule has 1 fully saturated rings. The monoisotopic (exact) mass is 1080 g/mol. The average molecular weight is 1080 g/mol. The predicted octanol–water partition coefficient (Wildman–Crippen LogP) is 13.4. The maximum Gasteiger partial charge on any atom is 0.343 e. The van der Waals surface area contributed by atoms with Crippen molar-refractivity contribution in [2.75, 3.05) is 11.3 Å². The fourth-order valence-electron chi connectivity index (χ4n) is 11.1. The van der Waals surface area contributed by atoms with Crippen LogP contribution in [-0.2, 0) is 36.7 Å². The maximum atomic E-state index is 15.0. The van der Waals surface area contributed by atoms with Crippen molar-refractivity contribution in [3.63, 3.8) is 0 Å². The minimum Gasteiger partial charge on any atom is -0.492 e. The molecule has 1 aliphatic rings. The number of unbranched alkanes of at least 4 members (excludes halogenated alkanes) is 5. The van der Waals surface area contributed by atoms with Gasteiger partial charge in [0.1, 0.15) is 28.4 Å². The van der Waals surface area contributed by atoms with E-state index in [1.807, 2.05) is 6.07 Å². The lowest BCUT2D eigenvalue weighted by molar-refractivity contribution is -0.384. The Morgan fingerprint density at radius 3 is 2.07 bits per heavy atom. The molecule has 2 atom stereocenters. The number of nitrogens with zero attached hydrogens (tertiary/aromatic N) is 4. The summed E-state index contributed by atoms with van der Waals surface area (Å²) in [6, 6.07) is 17.0. The Bertz CT molecular complexity index is 3140. The second-order valence-corrected chi connectivity index (χ2v) is 28.5. The van der Waals surface area contributed by atoms with Crippen molar-refractivity contribution in [3.8, 4) is 23.2 Å². The molecular formula is C58H81N7O9S2. The molecule has 0 amide bonds. The number of nitro benzene ring substituents is 1. The summed E-state index contributed by atoms with van der Waals surface area (Å²) in [6.07, 6.45) is 8.19. The number of carbonyl (C=O) groups excluding carboxylic acids is 1. The molecule has 0 aliphatic heterocycles. The maximum absolute atomic E-state index is 15.0. The number of anilines is 1. The van der Waals surface area contributed by atoms with Crippen molar-refractivity contribution >= 4 is 43.0 Å². The molecule has 6 rings (SSSR count). The number of nitriles is 1. The summed E-state index contributed by atoms with van der Waals surface area (Å²) in [6.45, 7) is 29.5. The first kappa shape index (κ1) is 59.5. The smallest absolute Gasteiger partial charge is 0.343 e. The van der Waals surface area contributed by atoms with Gasteiger partial charge in [-0.3, -0.25) is 19.9 Å².